The normalized spacial score (nSPS) is 47.2. The first-order valence-corrected chi connectivity index (χ1v) is 12.3. The minimum Gasteiger partial charge on any atom is -0.438 e. The molecule has 10 heteroatoms. The molecule has 0 amide bonds. The number of thioether (sulfide) groups is 1. The third-order valence-corrected chi connectivity index (χ3v) is 9.74. The average molecular weight is 503 g/mol. The van der Waals surface area contributed by atoms with Crippen molar-refractivity contribution in [3.63, 3.8) is 0 Å². The van der Waals surface area contributed by atoms with E-state index in [9.17, 15) is 23.9 Å². The largest absolute Gasteiger partial charge is 0.509 e. The van der Waals surface area contributed by atoms with Crippen LogP contribution in [-0.4, -0.2) is 58.8 Å². The first-order valence-electron chi connectivity index (χ1n) is 11.3. The zero-order valence-corrected chi connectivity index (χ0v) is 20.3. The van der Waals surface area contributed by atoms with Crippen LogP contribution in [0.1, 0.15) is 40.0 Å². The molecule has 0 aromatic carbocycles. The minimum atomic E-state index is -2.33. The van der Waals surface area contributed by atoms with Crippen molar-refractivity contribution < 1.29 is 42.1 Å². The fourth-order valence-electron chi connectivity index (χ4n) is 7.55. The third kappa shape index (κ3) is 2.96. The summed E-state index contributed by atoms with van der Waals surface area (Å²) >= 11 is 0.340. The summed E-state index contributed by atoms with van der Waals surface area (Å²) in [6, 6.07) is -1.06. The van der Waals surface area contributed by atoms with E-state index in [1.54, 1.807) is 13.8 Å². The molecule has 4 aliphatic carbocycles. The zero-order chi connectivity index (χ0) is 25.3. The van der Waals surface area contributed by atoms with E-state index in [2.05, 4.69) is 4.74 Å². The number of aliphatic hydroxyl groups excluding tert-OH is 1. The number of alkyl halides is 3. The summed E-state index contributed by atoms with van der Waals surface area (Å²) in [5.74, 6) is -2.84. The maximum atomic E-state index is 17.2. The lowest BCUT2D eigenvalue weighted by Gasteiger charge is -2.63. The second-order valence-electron chi connectivity index (χ2n) is 10.3. The third-order valence-electron chi connectivity index (χ3n) is 9.07. The van der Waals surface area contributed by atoms with E-state index in [0.29, 0.717) is 11.8 Å². The molecule has 4 rings (SSSR count). The number of allylic oxidation sites excluding steroid dienone is 4. The van der Waals surface area contributed by atoms with Crippen molar-refractivity contribution in [1.82, 2.24) is 0 Å². The number of ketones is 1. The highest BCUT2D eigenvalue weighted by molar-refractivity contribution is 8.13. The van der Waals surface area contributed by atoms with Crippen LogP contribution in [0.15, 0.2) is 23.8 Å². The van der Waals surface area contributed by atoms with Gasteiger partial charge in [0.2, 0.25) is 5.12 Å². The van der Waals surface area contributed by atoms with Crippen LogP contribution in [0.3, 0.4) is 0 Å². The quantitative estimate of drug-likeness (QED) is 0.577. The van der Waals surface area contributed by atoms with Crippen LogP contribution in [0.2, 0.25) is 0 Å². The van der Waals surface area contributed by atoms with Gasteiger partial charge in [0.15, 0.2) is 17.1 Å². The molecule has 0 bridgehead atoms. The monoisotopic (exact) mass is 502 g/mol. The lowest BCUT2D eigenvalue weighted by Crippen LogP contribution is -2.70. The summed E-state index contributed by atoms with van der Waals surface area (Å²) in [5, 5.41) is 10.6. The molecule has 3 saturated carbocycles. The Labute approximate surface area is 200 Å². The minimum absolute atomic E-state index is 0.00594. The van der Waals surface area contributed by atoms with Crippen LogP contribution < -0.4 is 0 Å². The SMILES string of the molecule is COC(=O)O[C@]1(C(=O)SCF)[C@H](C)CC2C3C[C@H](F)C4=CC(=O)C=C[C@]4(C)[C@@]3(F)[C@@H](O)C[C@@]21C. The summed E-state index contributed by atoms with van der Waals surface area (Å²) in [5.41, 5.74) is -7.12. The highest BCUT2D eigenvalue weighted by Gasteiger charge is 2.78. The predicted octanol–water partition coefficient (Wildman–Crippen LogP) is 4.26. The number of hydrogen-bond acceptors (Lipinski definition) is 7. The highest BCUT2D eigenvalue weighted by atomic mass is 32.2. The number of hydrogen-bond donors (Lipinski definition) is 1. The van der Waals surface area contributed by atoms with Crippen LogP contribution in [0.5, 0.6) is 0 Å². The number of rotatable bonds is 3. The van der Waals surface area contributed by atoms with Gasteiger partial charge in [0.1, 0.15) is 12.2 Å². The molecule has 3 fully saturated rings. The molecule has 4 aliphatic rings. The Morgan fingerprint density at radius 3 is 2.56 bits per heavy atom. The maximum Gasteiger partial charge on any atom is 0.509 e. The number of methoxy groups -OCH3 is 1. The van der Waals surface area contributed by atoms with E-state index in [1.165, 1.54) is 19.1 Å². The van der Waals surface area contributed by atoms with Crippen LogP contribution in [0.25, 0.3) is 0 Å². The van der Waals surface area contributed by atoms with E-state index in [-0.39, 0.29) is 24.8 Å². The van der Waals surface area contributed by atoms with Crippen LogP contribution in [0.4, 0.5) is 18.0 Å². The number of halogens is 3. The molecule has 9 atom stereocenters. The van der Waals surface area contributed by atoms with Gasteiger partial charge in [-0.15, -0.1) is 0 Å². The first kappa shape index (κ1) is 25.3. The molecule has 0 saturated heterocycles. The summed E-state index contributed by atoms with van der Waals surface area (Å²) in [7, 11) is 1.07. The van der Waals surface area contributed by atoms with Crippen molar-refractivity contribution in [3.8, 4) is 0 Å². The van der Waals surface area contributed by atoms with Crippen molar-refractivity contribution in [3.05, 3.63) is 23.8 Å². The lowest BCUT2D eigenvalue weighted by atomic mass is 9.44. The second kappa shape index (κ2) is 8.11. The van der Waals surface area contributed by atoms with Crippen molar-refractivity contribution >= 4 is 28.8 Å². The van der Waals surface area contributed by atoms with Gasteiger partial charge in [-0.25, -0.2) is 18.0 Å². The number of carbonyl (C=O) groups is 3. The summed E-state index contributed by atoms with van der Waals surface area (Å²) in [6.07, 6.45) is -1.23. The molecule has 1 N–H and O–H groups in total. The smallest absolute Gasteiger partial charge is 0.438 e. The van der Waals surface area contributed by atoms with Crippen LogP contribution >= 0.6 is 11.8 Å². The van der Waals surface area contributed by atoms with Crippen molar-refractivity contribution in [2.75, 3.05) is 13.1 Å². The van der Waals surface area contributed by atoms with Gasteiger partial charge in [-0.05, 0) is 61.6 Å². The Morgan fingerprint density at radius 1 is 1.26 bits per heavy atom. The molecule has 0 radical (unpaired) electrons. The molecule has 0 heterocycles. The van der Waals surface area contributed by atoms with Crippen molar-refractivity contribution in [1.29, 1.82) is 0 Å². The molecule has 188 valence electrons. The van der Waals surface area contributed by atoms with E-state index in [1.807, 2.05) is 0 Å². The molecule has 0 aliphatic heterocycles. The Hall–Kier alpha value is -1.81. The summed E-state index contributed by atoms with van der Waals surface area (Å²) in [6.45, 7) is 4.75. The van der Waals surface area contributed by atoms with Crippen molar-refractivity contribution in [2.45, 2.75) is 63.6 Å². The van der Waals surface area contributed by atoms with E-state index in [4.69, 9.17) is 4.74 Å². The first-order chi connectivity index (χ1) is 15.8. The lowest BCUT2D eigenvalue weighted by molar-refractivity contribution is -0.222. The zero-order valence-electron chi connectivity index (χ0n) is 19.5. The molecule has 0 spiro atoms. The molecule has 6 nitrogen and oxygen atoms in total. The predicted molar refractivity (Wildman–Crippen MR) is 118 cm³/mol. The van der Waals surface area contributed by atoms with Gasteiger partial charge >= 0.3 is 6.16 Å². The fraction of sp³-hybridized carbons (Fsp3) is 0.708. The number of ether oxygens (including phenoxy) is 2. The molecular weight excluding hydrogens is 473 g/mol. The summed E-state index contributed by atoms with van der Waals surface area (Å²) < 4.78 is 56.2. The van der Waals surface area contributed by atoms with Gasteiger partial charge in [-0.2, -0.15) is 0 Å². The van der Waals surface area contributed by atoms with Crippen molar-refractivity contribution in [2.24, 2.45) is 28.6 Å². The number of aliphatic hydroxyl groups is 1. The van der Waals surface area contributed by atoms with Gasteiger partial charge in [-0.1, -0.05) is 19.9 Å². The Bertz CT molecular complexity index is 986. The molecule has 34 heavy (non-hydrogen) atoms. The topological polar surface area (TPSA) is 89.9 Å². The van der Waals surface area contributed by atoms with Crippen LogP contribution in [-0.2, 0) is 19.1 Å². The van der Waals surface area contributed by atoms with Gasteiger partial charge in [0.05, 0.1) is 13.2 Å². The van der Waals surface area contributed by atoms with Gasteiger partial charge in [0, 0.05) is 22.7 Å². The highest BCUT2D eigenvalue weighted by Crippen LogP contribution is 2.72. The second-order valence-corrected chi connectivity index (χ2v) is 11.2. The van der Waals surface area contributed by atoms with E-state index in [0.717, 1.165) is 13.2 Å². The average Bonchev–Trinajstić information content (AvgIpc) is 2.99. The molecular formula is C24H29F3O6S. The standard InChI is InChI=1S/C24H29F3O6S/c1-12-7-14-15-9-17(26)16-8-13(28)5-6-21(16,2)23(15,27)18(29)10-22(14,3)24(12,19(30)34-11-25)33-20(31)32-4/h5-6,8,12,14-15,17-18,29H,7,9-11H2,1-4H3/t12-,14?,15?,17+,18+,21+,22+,23+,24+/m1/s1. The Balaban J connectivity index is 1.87. The molecule has 0 aromatic rings. The van der Waals surface area contributed by atoms with Crippen LogP contribution in [0, 0.1) is 28.6 Å². The van der Waals surface area contributed by atoms with E-state index < -0.39 is 75.2 Å². The van der Waals surface area contributed by atoms with E-state index >= 15 is 8.78 Å². The Kier molecular flexibility index (Phi) is 6.04. The number of fused-ring (bicyclic) bond motifs is 5. The van der Waals surface area contributed by atoms with Gasteiger partial charge < -0.3 is 14.6 Å². The maximum absolute atomic E-state index is 17.2. The van der Waals surface area contributed by atoms with Gasteiger partial charge in [-0.3, -0.25) is 9.59 Å². The van der Waals surface area contributed by atoms with Gasteiger partial charge in [0.25, 0.3) is 0 Å². The fourth-order valence-corrected chi connectivity index (χ4v) is 8.34. The molecule has 0 aromatic heterocycles. The number of carbonyl (C=O) groups excluding carboxylic acids is 3. The molecule has 2 unspecified atom stereocenters. The Morgan fingerprint density at radius 2 is 1.94 bits per heavy atom. The summed E-state index contributed by atoms with van der Waals surface area (Å²) in [4.78, 5) is 37.5.